The molecule has 2 aromatic carbocycles. The summed E-state index contributed by atoms with van der Waals surface area (Å²) in [5.41, 5.74) is 0. The molecule has 0 saturated heterocycles. The zero-order valence-electron chi connectivity index (χ0n) is 16.4. The van der Waals surface area contributed by atoms with E-state index in [1.165, 1.54) is 0 Å². The van der Waals surface area contributed by atoms with Gasteiger partial charge in [0.25, 0.3) is 0 Å². The van der Waals surface area contributed by atoms with Gasteiger partial charge in [0.15, 0.2) is 5.30 Å². The number of carbonyl (C=O) groups is 1. The third kappa shape index (κ3) is 8.43. The molecule has 2 atom stereocenters. The van der Waals surface area contributed by atoms with Crippen LogP contribution in [0, 0.1) is 0 Å². The molecule has 5 nitrogen and oxygen atoms in total. The fraction of sp³-hybridized carbons (Fsp3) is 0.261. The number of para-hydroxylation sites is 1. The number of esters is 1. The summed E-state index contributed by atoms with van der Waals surface area (Å²) in [7, 11) is -2.00. The highest BCUT2D eigenvalue weighted by Crippen LogP contribution is 2.24. The second-order valence-electron chi connectivity index (χ2n) is 6.33. The van der Waals surface area contributed by atoms with Crippen molar-refractivity contribution < 1.29 is 19.2 Å². The minimum Gasteiger partial charge on any atom is -0.607 e. The summed E-state index contributed by atoms with van der Waals surface area (Å²) in [5, 5.41) is 0.578. The molecule has 6 heteroatoms. The smallest absolute Gasteiger partial charge is 0.308 e. The second kappa shape index (κ2) is 12.7. The van der Waals surface area contributed by atoms with Gasteiger partial charge in [-0.25, -0.2) is 0 Å². The van der Waals surface area contributed by atoms with E-state index in [-0.39, 0.29) is 12.4 Å². The van der Waals surface area contributed by atoms with E-state index in [0.717, 1.165) is 18.6 Å². The Hall–Kier alpha value is -2.75. The molecular formula is C23H26NO4P. The first-order chi connectivity index (χ1) is 14.1. The highest BCUT2D eigenvalue weighted by molar-refractivity contribution is 7.48. The van der Waals surface area contributed by atoms with Crippen LogP contribution in [0.25, 0.3) is 0 Å². The van der Waals surface area contributed by atoms with E-state index >= 15 is 0 Å². The Labute approximate surface area is 173 Å². The monoisotopic (exact) mass is 411 g/mol. The highest BCUT2D eigenvalue weighted by atomic mass is 31.1. The van der Waals surface area contributed by atoms with Crippen molar-refractivity contribution in [2.24, 2.45) is 4.74 Å². The third-order valence-corrected chi connectivity index (χ3v) is 5.24. The van der Waals surface area contributed by atoms with E-state index in [0.29, 0.717) is 24.1 Å². The molecule has 0 bridgehead atoms. The van der Waals surface area contributed by atoms with E-state index in [1.54, 1.807) is 36.4 Å². The number of nitrogens with zero attached hydrogens (tertiary/aromatic N) is 1. The lowest BCUT2D eigenvalue weighted by Gasteiger charge is -2.09. The summed E-state index contributed by atoms with van der Waals surface area (Å²) in [5.74, 6) is 1.03. The van der Waals surface area contributed by atoms with E-state index in [4.69, 9.17) is 9.47 Å². The SMILES string of the molecule is C=CCCCOC(=O)CC(CC=C)N=[P+]([O-])c1ccc(Oc2ccccc2)cc1. The van der Waals surface area contributed by atoms with Crippen LogP contribution in [-0.4, -0.2) is 18.6 Å². The Kier molecular flexibility index (Phi) is 9.84. The van der Waals surface area contributed by atoms with Crippen LogP contribution in [-0.2, 0) is 9.53 Å². The minimum absolute atomic E-state index is 0.0797. The molecule has 0 aliphatic heterocycles. The van der Waals surface area contributed by atoms with Gasteiger partial charge >= 0.3 is 5.97 Å². The van der Waals surface area contributed by atoms with Crippen LogP contribution in [0.1, 0.15) is 25.7 Å². The second-order valence-corrected chi connectivity index (χ2v) is 7.62. The first-order valence-corrected chi connectivity index (χ1v) is 10.7. The number of ether oxygens (including phenoxy) is 2. The Morgan fingerprint density at radius 2 is 1.76 bits per heavy atom. The van der Waals surface area contributed by atoms with Crippen molar-refractivity contribution in [2.75, 3.05) is 6.61 Å². The van der Waals surface area contributed by atoms with Gasteiger partial charge in [-0.05, 0) is 55.7 Å². The van der Waals surface area contributed by atoms with Crippen LogP contribution < -0.4 is 14.9 Å². The number of rotatable bonds is 12. The van der Waals surface area contributed by atoms with Gasteiger partial charge in [0.2, 0.25) is 7.94 Å². The molecule has 0 heterocycles. The molecular weight excluding hydrogens is 385 g/mol. The van der Waals surface area contributed by atoms with Gasteiger partial charge in [0.05, 0.1) is 13.0 Å². The Morgan fingerprint density at radius 3 is 2.41 bits per heavy atom. The average Bonchev–Trinajstić information content (AvgIpc) is 2.72. The Bertz CT molecular complexity index is 819. The van der Waals surface area contributed by atoms with Crippen molar-refractivity contribution in [3.63, 3.8) is 0 Å². The van der Waals surface area contributed by atoms with Crippen molar-refractivity contribution in [3.05, 3.63) is 79.9 Å². The van der Waals surface area contributed by atoms with E-state index in [9.17, 15) is 9.69 Å². The maximum Gasteiger partial charge on any atom is 0.308 e. The normalized spacial score (nSPS) is 12.1. The van der Waals surface area contributed by atoms with Gasteiger partial charge in [-0.15, -0.1) is 17.9 Å². The fourth-order valence-electron chi connectivity index (χ4n) is 2.51. The number of carbonyl (C=O) groups excluding carboxylic acids is 1. The van der Waals surface area contributed by atoms with Crippen LogP contribution in [0.4, 0.5) is 0 Å². The van der Waals surface area contributed by atoms with E-state index in [2.05, 4.69) is 17.9 Å². The number of allylic oxidation sites excluding steroid dienone is 1. The zero-order chi connectivity index (χ0) is 20.9. The Morgan fingerprint density at radius 1 is 1.07 bits per heavy atom. The molecule has 29 heavy (non-hydrogen) atoms. The summed E-state index contributed by atoms with van der Waals surface area (Å²) in [6.45, 7) is 7.67. The fourth-order valence-corrected chi connectivity index (χ4v) is 3.52. The van der Waals surface area contributed by atoms with Crippen LogP contribution >= 0.6 is 7.94 Å². The lowest BCUT2D eigenvalue weighted by Crippen LogP contribution is -2.16. The van der Waals surface area contributed by atoms with E-state index in [1.807, 2.05) is 30.3 Å². The van der Waals surface area contributed by atoms with Gasteiger partial charge < -0.3 is 14.4 Å². The van der Waals surface area contributed by atoms with Crippen molar-refractivity contribution in [1.29, 1.82) is 0 Å². The summed E-state index contributed by atoms with van der Waals surface area (Å²) in [6, 6.07) is 15.9. The van der Waals surface area contributed by atoms with Gasteiger partial charge in [0, 0.05) is 0 Å². The molecule has 0 radical (unpaired) electrons. The number of hydrogen-bond acceptors (Lipinski definition) is 5. The predicted molar refractivity (Wildman–Crippen MR) is 116 cm³/mol. The molecule has 0 aliphatic carbocycles. The molecule has 0 aliphatic rings. The largest absolute Gasteiger partial charge is 0.607 e. The maximum atomic E-state index is 12.6. The van der Waals surface area contributed by atoms with Gasteiger partial charge in [-0.2, -0.15) is 0 Å². The first-order valence-electron chi connectivity index (χ1n) is 9.50. The number of hydrogen-bond donors (Lipinski definition) is 0. The summed E-state index contributed by atoms with van der Waals surface area (Å²) in [6.07, 6.45) is 5.52. The summed E-state index contributed by atoms with van der Waals surface area (Å²) >= 11 is 0. The molecule has 152 valence electrons. The van der Waals surface area contributed by atoms with Crippen LogP contribution in [0.2, 0.25) is 0 Å². The van der Waals surface area contributed by atoms with Gasteiger partial charge in [-0.1, -0.05) is 30.4 Å². The third-order valence-electron chi connectivity index (χ3n) is 3.96. The lowest BCUT2D eigenvalue weighted by molar-refractivity contribution is -0.152. The van der Waals surface area contributed by atoms with Gasteiger partial charge in [-0.3, -0.25) is 4.79 Å². The summed E-state index contributed by atoms with van der Waals surface area (Å²) in [4.78, 5) is 24.6. The first kappa shape index (κ1) is 22.5. The van der Waals surface area contributed by atoms with Gasteiger partial charge in [0.1, 0.15) is 17.5 Å². The lowest BCUT2D eigenvalue weighted by atomic mass is 10.1. The quantitative estimate of drug-likeness (QED) is 0.216. The maximum absolute atomic E-state index is 12.6. The molecule has 2 rings (SSSR count). The Balaban J connectivity index is 1.97. The molecule has 0 fully saturated rings. The zero-order valence-corrected chi connectivity index (χ0v) is 17.3. The van der Waals surface area contributed by atoms with Crippen molar-refractivity contribution >= 4 is 19.2 Å². The van der Waals surface area contributed by atoms with Crippen molar-refractivity contribution in [2.45, 2.75) is 31.7 Å². The number of unbranched alkanes of at least 4 members (excludes halogenated alkanes) is 1. The van der Waals surface area contributed by atoms with Crippen molar-refractivity contribution in [1.82, 2.24) is 0 Å². The number of benzene rings is 2. The minimum atomic E-state index is -2.00. The van der Waals surface area contributed by atoms with Crippen LogP contribution in [0.5, 0.6) is 11.5 Å². The molecule has 2 unspecified atom stereocenters. The molecule has 0 saturated carbocycles. The van der Waals surface area contributed by atoms with Crippen LogP contribution in [0.15, 0.2) is 84.7 Å². The molecule has 0 amide bonds. The average molecular weight is 411 g/mol. The van der Waals surface area contributed by atoms with E-state index < -0.39 is 14.0 Å². The molecule has 2 aromatic rings. The highest BCUT2D eigenvalue weighted by Gasteiger charge is 2.17. The standard InChI is InChI=1S/C23H26NO4P/c1-3-5-9-17-27-23(25)18-19(10-4-2)24-29(26)22-15-13-21(14-16-22)28-20-11-7-6-8-12-20/h3-4,6-8,11-16,19H,1-2,5,9-10,17-18H2. The van der Waals surface area contributed by atoms with Crippen molar-refractivity contribution in [3.8, 4) is 11.5 Å². The predicted octanol–water partition coefficient (Wildman–Crippen LogP) is 4.89. The molecule has 0 N–H and O–H groups in total. The topological polar surface area (TPSA) is 71.0 Å². The summed E-state index contributed by atoms with van der Waals surface area (Å²) < 4.78 is 15.2. The molecule has 0 spiro atoms. The van der Waals surface area contributed by atoms with Crippen LogP contribution in [0.3, 0.4) is 0 Å². The molecule has 0 aromatic heterocycles.